The van der Waals surface area contributed by atoms with Gasteiger partial charge in [-0.1, -0.05) is 13.8 Å². The van der Waals surface area contributed by atoms with Gasteiger partial charge in [0.1, 0.15) is 11.8 Å². The molecule has 0 saturated carbocycles. The van der Waals surface area contributed by atoms with Crippen molar-refractivity contribution in [2.24, 2.45) is 0 Å². The van der Waals surface area contributed by atoms with E-state index in [-0.39, 0.29) is 18.8 Å². The number of aryl methyl sites for hydroxylation is 2. The molecule has 0 aliphatic rings. The predicted octanol–water partition coefficient (Wildman–Crippen LogP) is 1.62. The number of amides is 1. The average molecular weight is 283 g/mol. The molecular formula is C14H21NO5. The molecule has 1 aromatic heterocycles. The normalized spacial score (nSPS) is 12.2. The molecule has 0 radical (unpaired) electrons. The smallest absolute Gasteiger partial charge is 0.326 e. The maximum Gasteiger partial charge on any atom is 0.326 e. The van der Waals surface area contributed by atoms with E-state index >= 15 is 0 Å². The van der Waals surface area contributed by atoms with Crippen LogP contribution in [0, 0.1) is 0 Å². The maximum atomic E-state index is 12.0. The third kappa shape index (κ3) is 4.09. The Bertz CT molecular complexity index is 445. The highest BCUT2D eigenvalue weighted by molar-refractivity contribution is 5.94. The van der Waals surface area contributed by atoms with Crippen LogP contribution in [0.5, 0.6) is 0 Å². The first-order chi connectivity index (χ1) is 9.53. The lowest BCUT2D eigenvalue weighted by Crippen LogP contribution is -2.41. The highest BCUT2D eigenvalue weighted by Gasteiger charge is 2.23. The molecule has 6 nitrogen and oxygen atoms in total. The number of carbonyl (C=O) groups excluding carboxylic acids is 1. The van der Waals surface area contributed by atoms with Gasteiger partial charge in [0, 0.05) is 26.6 Å². The van der Waals surface area contributed by atoms with E-state index in [0.29, 0.717) is 6.42 Å². The lowest BCUT2D eigenvalue weighted by molar-refractivity contribution is -0.139. The van der Waals surface area contributed by atoms with Crippen molar-refractivity contribution in [1.82, 2.24) is 5.32 Å². The Morgan fingerprint density at radius 2 is 2.10 bits per heavy atom. The van der Waals surface area contributed by atoms with Gasteiger partial charge in [-0.05, 0) is 18.1 Å². The lowest BCUT2D eigenvalue weighted by Gasteiger charge is -2.12. The summed E-state index contributed by atoms with van der Waals surface area (Å²) in [5, 5.41) is 11.5. The Balaban J connectivity index is 2.78. The SMILES string of the molecule is CCc1cc(C(=O)NC(CCOC)C(=O)O)oc1CC. The molecule has 6 heteroatoms. The maximum absolute atomic E-state index is 12.0. The average Bonchev–Trinajstić information content (AvgIpc) is 2.86. The molecule has 0 fully saturated rings. The minimum Gasteiger partial charge on any atom is -0.480 e. The summed E-state index contributed by atoms with van der Waals surface area (Å²) in [4.78, 5) is 23.1. The second-order valence-electron chi connectivity index (χ2n) is 4.41. The van der Waals surface area contributed by atoms with Crippen LogP contribution in [0.15, 0.2) is 10.5 Å². The summed E-state index contributed by atoms with van der Waals surface area (Å²) in [5.41, 5.74) is 0.974. The number of aliphatic carboxylic acids is 1. The van der Waals surface area contributed by atoms with E-state index in [0.717, 1.165) is 17.7 Å². The van der Waals surface area contributed by atoms with Crippen LogP contribution >= 0.6 is 0 Å². The van der Waals surface area contributed by atoms with Crippen molar-refractivity contribution in [3.63, 3.8) is 0 Å². The summed E-state index contributed by atoms with van der Waals surface area (Å²) in [6, 6.07) is 0.686. The fourth-order valence-corrected chi connectivity index (χ4v) is 1.90. The van der Waals surface area contributed by atoms with Crippen LogP contribution in [0.25, 0.3) is 0 Å². The Labute approximate surface area is 118 Å². The summed E-state index contributed by atoms with van der Waals surface area (Å²) < 4.78 is 10.3. The van der Waals surface area contributed by atoms with Crippen molar-refractivity contribution in [2.45, 2.75) is 39.2 Å². The first-order valence-electron chi connectivity index (χ1n) is 6.67. The summed E-state index contributed by atoms with van der Waals surface area (Å²) in [6.45, 7) is 4.18. The van der Waals surface area contributed by atoms with Crippen molar-refractivity contribution in [3.8, 4) is 0 Å². The van der Waals surface area contributed by atoms with Gasteiger partial charge >= 0.3 is 5.97 Å². The van der Waals surface area contributed by atoms with Crippen molar-refractivity contribution in [2.75, 3.05) is 13.7 Å². The van der Waals surface area contributed by atoms with Crippen molar-refractivity contribution in [1.29, 1.82) is 0 Å². The minimum atomic E-state index is -1.09. The first kappa shape index (κ1) is 16.2. The van der Waals surface area contributed by atoms with Gasteiger partial charge in [0.2, 0.25) is 0 Å². The van der Waals surface area contributed by atoms with E-state index in [2.05, 4.69) is 5.32 Å². The second kappa shape index (κ2) is 7.69. The molecule has 1 aromatic rings. The zero-order valence-electron chi connectivity index (χ0n) is 12.1. The monoisotopic (exact) mass is 283 g/mol. The molecule has 1 rings (SSSR count). The van der Waals surface area contributed by atoms with E-state index in [1.54, 1.807) is 6.07 Å². The molecule has 0 spiro atoms. The molecule has 112 valence electrons. The Hall–Kier alpha value is -1.82. The van der Waals surface area contributed by atoms with Crippen LogP contribution in [0.2, 0.25) is 0 Å². The fraction of sp³-hybridized carbons (Fsp3) is 0.571. The van der Waals surface area contributed by atoms with Crippen LogP contribution in [0.3, 0.4) is 0 Å². The van der Waals surface area contributed by atoms with Crippen LogP contribution in [-0.4, -0.2) is 36.7 Å². The largest absolute Gasteiger partial charge is 0.480 e. The number of methoxy groups -OCH3 is 1. The van der Waals surface area contributed by atoms with Crippen molar-refractivity contribution < 1.29 is 23.8 Å². The van der Waals surface area contributed by atoms with Gasteiger partial charge < -0.3 is 19.6 Å². The number of carboxylic acids is 1. The number of rotatable bonds is 8. The molecular weight excluding hydrogens is 262 g/mol. The van der Waals surface area contributed by atoms with Crippen LogP contribution in [-0.2, 0) is 22.4 Å². The molecule has 0 aliphatic carbocycles. The number of carboxylic acid groups (broad SMARTS) is 1. The number of hydrogen-bond donors (Lipinski definition) is 2. The van der Waals surface area contributed by atoms with E-state index in [1.165, 1.54) is 7.11 Å². The molecule has 0 aromatic carbocycles. The van der Waals surface area contributed by atoms with Gasteiger partial charge in [-0.3, -0.25) is 4.79 Å². The highest BCUT2D eigenvalue weighted by Crippen LogP contribution is 2.17. The van der Waals surface area contributed by atoms with Crippen molar-refractivity contribution in [3.05, 3.63) is 23.2 Å². The van der Waals surface area contributed by atoms with E-state index in [4.69, 9.17) is 14.3 Å². The van der Waals surface area contributed by atoms with E-state index in [1.807, 2.05) is 13.8 Å². The standard InChI is InChI=1S/C14H21NO5/c1-4-9-8-12(20-11(9)5-2)13(16)15-10(14(17)18)6-7-19-3/h8,10H,4-7H2,1-3H3,(H,15,16)(H,17,18). The molecule has 1 atom stereocenters. The Morgan fingerprint density at radius 1 is 1.40 bits per heavy atom. The summed E-state index contributed by atoms with van der Waals surface area (Å²) in [5.74, 6) is -0.680. The lowest BCUT2D eigenvalue weighted by atomic mass is 10.1. The van der Waals surface area contributed by atoms with Gasteiger partial charge in [0.05, 0.1) is 0 Å². The van der Waals surface area contributed by atoms with Crippen LogP contribution in [0.4, 0.5) is 0 Å². The van der Waals surface area contributed by atoms with Gasteiger partial charge in [-0.15, -0.1) is 0 Å². The summed E-state index contributed by atoms with van der Waals surface area (Å²) >= 11 is 0. The fourth-order valence-electron chi connectivity index (χ4n) is 1.90. The first-order valence-corrected chi connectivity index (χ1v) is 6.67. The molecule has 1 heterocycles. The second-order valence-corrected chi connectivity index (χ2v) is 4.41. The number of carbonyl (C=O) groups is 2. The molecule has 2 N–H and O–H groups in total. The van der Waals surface area contributed by atoms with E-state index < -0.39 is 17.9 Å². The number of ether oxygens (including phenoxy) is 1. The van der Waals surface area contributed by atoms with Gasteiger partial charge in [0.15, 0.2) is 5.76 Å². The third-order valence-electron chi connectivity index (χ3n) is 3.04. The zero-order valence-corrected chi connectivity index (χ0v) is 12.1. The predicted molar refractivity (Wildman–Crippen MR) is 72.8 cm³/mol. The quantitative estimate of drug-likeness (QED) is 0.757. The van der Waals surface area contributed by atoms with E-state index in [9.17, 15) is 9.59 Å². The Kier molecular flexibility index (Phi) is 6.24. The third-order valence-corrected chi connectivity index (χ3v) is 3.04. The van der Waals surface area contributed by atoms with Crippen LogP contribution < -0.4 is 5.32 Å². The topological polar surface area (TPSA) is 88.8 Å². The Morgan fingerprint density at radius 3 is 2.55 bits per heavy atom. The summed E-state index contributed by atoms with van der Waals surface area (Å²) in [6.07, 6.45) is 1.67. The van der Waals surface area contributed by atoms with Gasteiger partial charge in [-0.25, -0.2) is 4.79 Å². The zero-order chi connectivity index (χ0) is 15.1. The number of furan rings is 1. The van der Waals surface area contributed by atoms with Gasteiger partial charge in [-0.2, -0.15) is 0 Å². The molecule has 20 heavy (non-hydrogen) atoms. The molecule has 1 unspecified atom stereocenters. The number of nitrogens with one attached hydrogen (secondary N) is 1. The molecule has 0 bridgehead atoms. The van der Waals surface area contributed by atoms with Crippen molar-refractivity contribution >= 4 is 11.9 Å². The molecule has 0 saturated heterocycles. The molecule has 0 aliphatic heterocycles. The number of hydrogen-bond acceptors (Lipinski definition) is 4. The van der Waals surface area contributed by atoms with Gasteiger partial charge in [0.25, 0.3) is 5.91 Å². The van der Waals surface area contributed by atoms with Crippen LogP contribution in [0.1, 0.15) is 42.1 Å². The minimum absolute atomic E-state index is 0.155. The summed E-state index contributed by atoms with van der Waals surface area (Å²) in [7, 11) is 1.48. The highest BCUT2D eigenvalue weighted by atomic mass is 16.5. The molecule has 1 amide bonds.